The summed E-state index contributed by atoms with van der Waals surface area (Å²) < 4.78 is 5.40. The molecule has 0 aromatic heterocycles. The minimum absolute atomic E-state index is 0.00458. The molecule has 1 fully saturated rings. The molecule has 0 aromatic carbocycles. The average Bonchev–Trinajstić information content (AvgIpc) is 2.10. The molecule has 9 heavy (non-hydrogen) atoms. The van der Waals surface area contributed by atoms with Crippen molar-refractivity contribution < 1.29 is 4.74 Å². The van der Waals surface area contributed by atoms with Crippen LogP contribution < -0.4 is 0 Å². The summed E-state index contributed by atoms with van der Waals surface area (Å²) in [7, 11) is 5.57. The Labute approximate surface area is 58.2 Å². The largest absolute Gasteiger partial charge is 0.384 e. The van der Waals surface area contributed by atoms with Crippen LogP contribution in [0.15, 0.2) is 0 Å². The van der Waals surface area contributed by atoms with Crippen molar-refractivity contribution in [1.29, 1.82) is 0 Å². The molecule has 1 heterocycles. The molecule has 1 aliphatic rings. The molecule has 0 N–H and O–H groups in total. The van der Waals surface area contributed by atoms with E-state index in [9.17, 15) is 0 Å². The minimum Gasteiger partial charge on any atom is -0.384 e. The van der Waals surface area contributed by atoms with Crippen LogP contribution in [-0.2, 0) is 4.74 Å². The molecule has 0 bridgehead atoms. The summed E-state index contributed by atoms with van der Waals surface area (Å²) in [5.74, 6) is 0.657. The number of hydrogen-bond donors (Lipinski definition) is 0. The van der Waals surface area contributed by atoms with E-state index < -0.39 is 0 Å². The third-order valence-corrected chi connectivity index (χ3v) is 1.99. The molecular weight excluding hydrogens is 111 g/mol. The van der Waals surface area contributed by atoms with Crippen molar-refractivity contribution in [2.24, 2.45) is 5.92 Å². The molecular formula is C7H13BO. The first-order chi connectivity index (χ1) is 4.24. The van der Waals surface area contributed by atoms with E-state index in [-0.39, 0.29) is 6.00 Å². The van der Waals surface area contributed by atoms with Crippen LogP contribution in [0.5, 0.6) is 0 Å². The van der Waals surface area contributed by atoms with Gasteiger partial charge in [0.05, 0.1) is 6.10 Å². The minimum atomic E-state index is 0.00458. The van der Waals surface area contributed by atoms with E-state index in [1.807, 2.05) is 0 Å². The van der Waals surface area contributed by atoms with Gasteiger partial charge in [-0.1, -0.05) is 13.8 Å². The first kappa shape index (κ1) is 7.14. The topological polar surface area (TPSA) is 9.23 Å². The highest BCUT2D eigenvalue weighted by atomic mass is 16.5. The van der Waals surface area contributed by atoms with Gasteiger partial charge >= 0.3 is 0 Å². The van der Waals surface area contributed by atoms with Gasteiger partial charge in [0.1, 0.15) is 7.85 Å². The first-order valence-electron chi connectivity index (χ1n) is 3.65. The van der Waals surface area contributed by atoms with E-state index >= 15 is 0 Å². The predicted molar refractivity (Wildman–Crippen MR) is 38.5 cm³/mol. The van der Waals surface area contributed by atoms with Crippen LogP contribution in [-0.4, -0.2) is 20.0 Å². The molecule has 1 rings (SSSR count). The van der Waals surface area contributed by atoms with E-state index in [0.717, 1.165) is 12.8 Å². The third-order valence-electron chi connectivity index (χ3n) is 1.99. The van der Waals surface area contributed by atoms with E-state index in [4.69, 9.17) is 12.6 Å². The second-order valence-corrected chi connectivity index (χ2v) is 2.83. The standard InChI is InChI=1S/C7H13BO/c1-3-6-5(2)4-7(8)9-6/h5-7H,3-4H2,1-2H3/t5-,6-,7-/m0/s1. The van der Waals surface area contributed by atoms with Crippen LogP contribution in [0.3, 0.4) is 0 Å². The van der Waals surface area contributed by atoms with E-state index in [2.05, 4.69) is 13.8 Å². The Morgan fingerprint density at radius 2 is 2.33 bits per heavy atom. The molecule has 0 unspecified atom stereocenters. The molecule has 2 radical (unpaired) electrons. The van der Waals surface area contributed by atoms with Crippen LogP contribution in [0.1, 0.15) is 26.7 Å². The van der Waals surface area contributed by atoms with Crippen molar-refractivity contribution >= 4 is 7.85 Å². The molecule has 1 nitrogen and oxygen atoms in total. The van der Waals surface area contributed by atoms with Crippen molar-refractivity contribution in [3.8, 4) is 0 Å². The van der Waals surface area contributed by atoms with Crippen molar-refractivity contribution in [3.05, 3.63) is 0 Å². The lowest BCUT2D eigenvalue weighted by atomic mass is 9.91. The van der Waals surface area contributed by atoms with E-state index in [1.165, 1.54) is 0 Å². The maximum Gasteiger partial charge on any atom is 0.109 e. The fourth-order valence-electron chi connectivity index (χ4n) is 1.43. The zero-order chi connectivity index (χ0) is 6.85. The summed E-state index contributed by atoms with van der Waals surface area (Å²) in [6, 6.07) is 0.00458. The lowest BCUT2D eigenvalue weighted by Crippen LogP contribution is -2.12. The average molecular weight is 124 g/mol. The predicted octanol–water partition coefficient (Wildman–Crippen LogP) is 1.32. The van der Waals surface area contributed by atoms with Crippen molar-refractivity contribution in [1.82, 2.24) is 0 Å². The van der Waals surface area contributed by atoms with Crippen LogP contribution in [0.25, 0.3) is 0 Å². The Morgan fingerprint density at radius 1 is 1.67 bits per heavy atom. The molecule has 1 saturated heterocycles. The van der Waals surface area contributed by atoms with Gasteiger partial charge < -0.3 is 4.74 Å². The monoisotopic (exact) mass is 124 g/mol. The van der Waals surface area contributed by atoms with Gasteiger partial charge in [-0.15, -0.1) is 0 Å². The van der Waals surface area contributed by atoms with E-state index in [1.54, 1.807) is 0 Å². The quantitative estimate of drug-likeness (QED) is 0.479. The summed E-state index contributed by atoms with van der Waals surface area (Å²) in [6.45, 7) is 4.33. The SMILES string of the molecule is [B][C@@H]1C[C@H](C)[C@H](CC)O1. The van der Waals surface area contributed by atoms with Crippen LogP contribution in [0.4, 0.5) is 0 Å². The highest BCUT2D eigenvalue weighted by molar-refractivity contribution is 6.11. The van der Waals surface area contributed by atoms with Gasteiger partial charge in [0.25, 0.3) is 0 Å². The normalized spacial score (nSPS) is 43.6. The maximum atomic E-state index is 5.57. The summed E-state index contributed by atoms with van der Waals surface area (Å²) in [5, 5.41) is 0. The number of hydrogen-bond acceptors (Lipinski definition) is 1. The molecule has 0 aliphatic carbocycles. The molecule has 2 heteroatoms. The molecule has 3 atom stereocenters. The van der Waals surface area contributed by atoms with Crippen LogP contribution in [0, 0.1) is 5.92 Å². The zero-order valence-corrected chi connectivity index (χ0v) is 6.13. The second kappa shape index (κ2) is 2.74. The summed E-state index contributed by atoms with van der Waals surface area (Å²) in [6.07, 6.45) is 2.54. The second-order valence-electron chi connectivity index (χ2n) is 2.83. The van der Waals surface area contributed by atoms with Gasteiger partial charge in [-0.05, 0) is 18.8 Å². The third kappa shape index (κ3) is 1.48. The van der Waals surface area contributed by atoms with Gasteiger partial charge in [-0.25, -0.2) is 0 Å². The summed E-state index contributed by atoms with van der Waals surface area (Å²) in [4.78, 5) is 0. The Bertz CT molecular complexity index is 94.9. The smallest absolute Gasteiger partial charge is 0.109 e. The Hall–Kier alpha value is 0.0249. The zero-order valence-electron chi connectivity index (χ0n) is 6.13. The number of rotatable bonds is 1. The summed E-state index contributed by atoms with van der Waals surface area (Å²) >= 11 is 0. The number of ether oxygens (including phenoxy) is 1. The van der Waals surface area contributed by atoms with Gasteiger partial charge in [0.15, 0.2) is 0 Å². The highest BCUT2D eigenvalue weighted by Crippen LogP contribution is 2.25. The molecule has 0 amide bonds. The lowest BCUT2D eigenvalue weighted by Gasteiger charge is -2.10. The highest BCUT2D eigenvalue weighted by Gasteiger charge is 2.26. The first-order valence-corrected chi connectivity index (χ1v) is 3.65. The van der Waals surface area contributed by atoms with Crippen LogP contribution in [0.2, 0.25) is 0 Å². The molecule has 50 valence electrons. The molecule has 0 saturated carbocycles. The van der Waals surface area contributed by atoms with Gasteiger partial charge in [-0.3, -0.25) is 0 Å². The van der Waals surface area contributed by atoms with Crippen molar-refractivity contribution in [3.63, 3.8) is 0 Å². The molecule has 0 aromatic rings. The Kier molecular flexibility index (Phi) is 2.17. The molecule has 0 spiro atoms. The fraction of sp³-hybridized carbons (Fsp3) is 1.00. The Balaban J connectivity index is 2.38. The van der Waals surface area contributed by atoms with Crippen molar-refractivity contribution in [2.75, 3.05) is 0 Å². The summed E-state index contributed by atoms with van der Waals surface area (Å²) in [5.41, 5.74) is 0. The lowest BCUT2D eigenvalue weighted by molar-refractivity contribution is 0.0718. The fourth-order valence-corrected chi connectivity index (χ4v) is 1.43. The van der Waals surface area contributed by atoms with Crippen molar-refractivity contribution in [2.45, 2.75) is 38.8 Å². The van der Waals surface area contributed by atoms with Gasteiger partial charge in [-0.2, -0.15) is 0 Å². The maximum absolute atomic E-state index is 5.57. The van der Waals surface area contributed by atoms with Gasteiger partial charge in [0.2, 0.25) is 0 Å². The van der Waals surface area contributed by atoms with E-state index in [0.29, 0.717) is 12.0 Å². The Morgan fingerprint density at radius 3 is 2.56 bits per heavy atom. The van der Waals surface area contributed by atoms with Gasteiger partial charge in [0, 0.05) is 6.00 Å². The van der Waals surface area contributed by atoms with Crippen LogP contribution >= 0.6 is 0 Å². The molecule has 1 aliphatic heterocycles.